The van der Waals surface area contributed by atoms with Crippen molar-refractivity contribution in [2.75, 3.05) is 13.1 Å². The molecular weight excluding hydrogens is 395 g/mol. The number of halogens is 1. The first-order valence-corrected chi connectivity index (χ1v) is 10.0. The first-order valence-electron chi connectivity index (χ1n) is 10.0. The molecule has 158 valence electrons. The van der Waals surface area contributed by atoms with E-state index in [4.69, 9.17) is 0 Å². The number of carbonyl (C=O) groups is 1. The highest BCUT2D eigenvalue weighted by molar-refractivity contribution is 6.07. The lowest BCUT2D eigenvalue weighted by Crippen LogP contribution is -2.32. The minimum absolute atomic E-state index is 0.129. The SMILES string of the molecule is O=C(NCCNCc1cncn1Cc1cccc(F)c1)c1cccc2ccc(O)cc12. The van der Waals surface area contributed by atoms with Crippen molar-refractivity contribution in [1.29, 1.82) is 0 Å². The van der Waals surface area contributed by atoms with Gasteiger partial charge in [0, 0.05) is 37.9 Å². The predicted molar refractivity (Wildman–Crippen MR) is 117 cm³/mol. The molecule has 4 aromatic rings. The minimum atomic E-state index is -0.255. The Morgan fingerprint density at radius 3 is 2.81 bits per heavy atom. The number of phenols is 1. The summed E-state index contributed by atoms with van der Waals surface area (Å²) < 4.78 is 15.4. The number of rotatable bonds is 8. The second kappa shape index (κ2) is 9.40. The standard InChI is InChI=1S/C24H23FN4O2/c25-19-5-1-3-17(11-19)15-29-16-27-14-20(29)13-26-9-10-28-24(31)22-6-2-4-18-7-8-21(30)12-23(18)22/h1-8,11-12,14,16,26,30H,9-10,13,15H2,(H,28,31). The molecule has 1 heterocycles. The number of imidazole rings is 1. The second-order valence-corrected chi connectivity index (χ2v) is 7.29. The number of amides is 1. The highest BCUT2D eigenvalue weighted by Crippen LogP contribution is 2.23. The fourth-order valence-electron chi connectivity index (χ4n) is 3.50. The van der Waals surface area contributed by atoms with Gasteiger partial charge in [-0.15, -0.1) is 0 Å². The van der Waals surface area contributed by atoms with Gasteiger partial charge >= 0.3 is 0 Å². The molecule has 0 spiro atoms. The third kappa shape index (κ3) is 5.07. The van der Waals surface area contributed by atoms with Crippen LogP contribution < -0.4 is 10.6 Å². The van der Waals surface area contributed by atoms with Crippen molar-refractivity contribution in [2.45, 2.75) is 13.1 Å². The smallest absolute Gasteiger partial charge is 0.251 e. The number of benzene rings is 3. The van der Waals surface area contributed by atoms with Crippen LogP contribution in [0.3, 0.4) is 0 Å². The summed E-state index contributed by atoms with van der Waals surface area (Å²) in [5.74, 6) is -0.312. The van der Waals surface area contributed by atoms with Crippen LogP contribution in [0.25, 0.3) is 10.8 Å². The third-order valence-electron chi connectivity index (χ3n) is 5.04. The van der Waals surface area contributed by atoms with E-state index in [1.807, 2.05) is 22.8 Å². The summed E-state index contributed by atoms with van der Waals surface area (Å²) in [6.45, 7) is 2.14. The van der Waals surface area contributed by atoms with Crippen LogP contribution in [-0.4, -0.2) is 33.7 Å². The van der Waals surface area contributed by atoms with Crippen LogP contribution >= 0.6 is 0 Å². The van der Waals surface area contributed by atoms with Crippen molar-refractivity contribution in [1.82, 2.24) is 20.2 Å². The molecule has 31 heavy (non-hydrogen) atoms. The van der Waals surface area contributed by atoms with E-state index in [1.165, 1.54) is 12.1 Å². The van der Waals surface area contributed by atoms with Gasteiger partial charge in [-0.3, -0.25) is 4.79 Å². The Labute approximate surface area is 179 Å². The van der Waals surface area contributed by atoms with E-state index in [0.29, 0.717) is 37.1 Å². The molecule has 0 bridgehead atoms. The second-order valence-electron chi connectivity index (χ2n) is 7.29. The molecule has 0 aliphatic carbocycles. The van der Waals surface area contributed by atoms with E-state index in [2.05, 4.69) is 15.6 Å². The summed E-state index contributed by atoms with van der Waals surface area (Å²) in [5.41, 5.74) is 2.37. The average Bonchev–Trinajstić information content (AvgIpc) is 3.19. The molecule has 0 fully saturated rings. The highest BCUT2D eigenvalue weighted by atomic mass is 19.1. The van der Waals surface area contributed by atoms with Gasteiger partial charge in [-0.2, -0.15) is 0 Å². The summed E-state index contributed by atoms with van der Waals surface area (Å²) in [6.07, 6.45) is 3.49. The summed E-state index contributed by atoms with van der Waals surface area (Å²) in [4.78, 5) is 16.8. The van der Waals surface area contributed by atoms with Crippen molar-refractivity contribution in [3.63, 3.8) is 0 Å². The van der Waals surface area contributed by atoms with Crippen LogP contribution in [0.4, 0.5) is 4.39 Å². The summed E-state index contributed by atoms with van der Waals surface area (Å²) in [7, 11) is 0. The Kier molecular flexibility index (Phi) is 6.24. The quantitative estimate of drug-likeness (QED) is 0.383. The average molecular weight is 418 g/mol. The Balaban J connectivity index is 1.28. The number of carbonyl (C=O) groups excluding carboxylic acids is 1. The Hall–Kier alpha value is -3.71. The van der Waals surface area contributed by atoms with E-state index in [0.717, 1.165) is 16.6 Å². The van der Waals surface area contributed by atoms with Crippen LogP contribution in [0.2, 0.25) is 0 Å². The molecule has 0 radical (unpaired) electrons. The Morgan fingerprint density at radius 2 is 1.94 bits per heavy atom. The number of hydrogen-bond acceptors (Lipinski definition) is 4. The molecule has 6 nitrogen and oxygen atoms in total. The zero-order valence-corrected chi connectivity index (χ0v) is 16.9. The van der Waals surface area contributed by atoms with Crippen LogP contribution in [0.1, 0.15) is 21.6 Å². The van der Waals surface area contributed by atoms with E-state index in [-0.39, 0.29) is 17.5 Å². The van der Waals surface area contributed by atoms with Gasteiger partial charge in [0.2, 0.25) is 0 Å². The van der Waals surface area contributed by atoms with Gasteiger partial charge in [-0.1, -0.05) is 30.3 Å². The highest BCUT2D eigenvalue weighted by Gasteiger charge is 2.10. The fourth-order valence-corrected chi connectivity index (χ4v) is 3.50. The monoisotopic (exact) mass is 418 g/mol. The van der Waals surface area contributed by atoms with E-state index >= 15 is 0 Å². The third-order valence-corrected chi connectivity index (χ3v) is 5.04. The molecule has 3 N–H and O–H groups in total. The van der Waals surface area contributed by atoms with Crippen molar-refractivity contribution in [2.24, 2.45) is 0 Å². The zero-order chi connectivity index (χ0) is 21.6. The summed E-state index contributed by atoms with van der Waals surface area (Å²) in [6, 6.07) is 17.0. The van der Waals surface area contributed by atoms with E-state index < -0.39 is 0 Å². The molecule has 4 rings (SSSR count). The van der Waals surface area contributed by atoms with E-state index in [9.17, 15) is 14.3 Å². The molecular formula is C24H23FN4O2. The van der Waals surface area contributed by atoms with Gasteiger partial charge in [-0.25, -0.2) is 9.37 Å². The molecule has 0 unspecified atom stereocenters. The first-order chi connectivity index (χ1) is 15.1. The molecule has 1 aromatic heterocycles. The lowest BCUT2D eigenvalue weighted by atomic mass is 10.0. The Morgan fingerprint density at radius 1 is 1.06 bits per heavy atom. The maximum absolute atomic E-state index is 13.4. The number of hydrogen-bond donors (Lipinski definition) is 3. The van der Waals surface area contributed by atoms with Gasteiger partial charge < -0.3 is 20.3 Å². The van der Waals surface area contributed by atoms with E-state index in [1.54, 1.807) is 42.9 Å². The fraction of sp³-hybridized carbons (Fsp3) is 0.167. The van der Waals surface area contributed by atoms with Gasteiger partial charge in [0.1, 0.15) is 11.6 Å². The molecule has 0 aliphatic rings. The van der Waals surface area contributed by atoms with Gasteiger partial charge in [-0.05, 0) is 46.7 Å². The van der Waals surface area contributed by atoms with Crippen LogP contribution in [-0.2, 0) is 13.1 Å². The molecule has 7 heteroatoms. The minimum Gasteiger partial charge on any atom is -0.508 e. The molecule has 3 aromatic carbocycles. The molecule has 1 amide bonds. The summed E-state index contributed by atoms with van der Waals surface area (Å²) in [5, 5.41) is 17.5. The van der Waals surface area contributed by atoms with Crippen molar-refractivity contribution < 1.29 is 14.3 Å². The number of aromatic hydroxyl groups is 1. The number of aromatic nitrogens is 2. The number of phenolic OH excluding ortho intramolecular Hbond substituents is 1. The Bertz CT molecular complexity index is 1210. The molecule has 0 saturated carbocycles. The van der Waals surface area contributed by atoms with Crippen molar-refractivity contribution >= 4 is 16.7 Å². The molecule has 0 aliphatic heterocycles. The number of nitrogens with zero attached hydrogens (tertiary/aromatic N) is 2. The maximum Gasteiger partial charge on any atom is 0.251 e. The number of fused-ring (bicyclic) bond motifs is 1. The van der Waals surface area contributed by atoms with Gasteiger partial charge in [0.15, 0.2) is 0 Å². The summed E-state index contributed by atoms with van der Waals surface area (Å²) >= 11 is 0. The number of nitrogens with one attached hydrogen (secondary N) is 2. The zero-order valence-electron chi connectivity index (χ0n) is 16.9. The predicted octanol–water partition coefficient (Wildman–Crippen LogP) is 3.45. The lowest BCUT2D eigenvalue weighted by Gasteiger charge is -2.11. The van der Waals surface area contributed by atoms with Gasteiger partial charge in [0.25, 0.3) is 5.91 Å². The van der Waals surface area contributed by atoms with Crippen LogP contribution in [0.5, 0.6) is 5.75 Å². The van der Waals surface area contributed by atoms with Crippen LogP contribution in [0, 0.1) is 5.82 Å². The maximum atomic E-state index is 13.4. The van der Waals surface area contributed by atoms with Gasteiger partial charge in [0.05, 0.1) is 12.0 Å². The molecule has 0 atom stereocenters. The van der Waals surface area contributed by atoms with Crippen LogP contribution in [0.15, 0.2) is 73.2 Å². The topological polar surface area (TPSA) is 79.2 Å². The largest absolute Gasteiger partial charge is 0.508 e. The normalized spacial score (nSPS) is 11.0. The molecule has 0 saturated heterocycles. The lowest BCUT2D eigenvalue weighted by molar-refractivity contribution is 0.0955. The van der Waals surface area contributed by atoms with Crippen molar-refractivity contribution in [3.05, 3.63) is 95.8 Å². The first kappa shape index (κ1) is 20.6. The van der Waals surface area contributed by atoms with Crippen molar-refractivity contribution in [3.8, 4) is 5.75 Å².